The predicted octanol–water partition coefficient (Wildman–Crippen LogP) is 3.59. The van der Waals surface area contributed by atoms with Crippen LogP contribution in [-0.2, 0) is 13.0 Å². The van der Waals surface area contributed by atoms with Gasteiger partial charge in [-0.25, -0.2) is 4.98 Å². The summed E-state index contributed by atoms with van der Waals surface area (Å²) >= 11 is 12.3. The monoisotopic (exact) mass is 362 g/mol. The van der Waals surface area contributed by atoms with Crippen molar-refractivity contribution in [2.45, 2.75) is 19.9 Å². The van der Waals surface area contributed by atoms with E-state index in [4.69, 9.17) is 23.2 Å². The topological polar surface area (TPSA) is 55.1 Å². The van der Waals surface area contributed by atoms with Crippen LogP contribution in [-0.4, -0.2) is 21.3 Å². The first-order valence-electron chi connectivity index (χ1n) is 7.53. The van der Waals surface area contributed by atoms with Gasteiger partial charge >= 0.3 is 0 Å². The molecule has 0 unspecified atom stereocenters. The molecule has 2 aromatic heterocycles. The molecule has 0 radical (unpaired) electrons. The van der Waals surface area contributed by atoms with Crippen LogP contribution in [0.15, 0.2) is 41.5 Å². The average molecular weight is 363 g/mol. The number of aromatic nitrogens is 2. The van der Waals surface area contributed by atoms with E-state index in [-0.39, 0.29) is 12.0 Å². The first-order valence-corrected chi connectivity index (χ1v) is 8.29. The van der Waals surface area contributed by atoms with E-state index in [1.54, 1.807) is 30.0 Å². The third-order valence-corrected chi connectivity index (χ3v) is 4.77. The zero-order valence-corrected chi connectivity index (χ0v) is 14.6. The van der Waals surface area contributed by atoms with Crippen LogP contribution >= 0.6 is 23.2 Å². The lowest BCUT2D eigenvalue weighted by atomic mass is 10.0. The molecule has 3 rings (SSSR count). The van der Waals surface area contributed by atoms with Crippen molar-refractivity contribution in [1.29, 1.82) is 0 Å². The second kappa shape index (κ2) is 6.93. The first kappa shape index (κ1) is 17.0. The Labute approximate surface area is 149 Å². The van der Waals surface area contributed by atoms with E-state index in [9.17, 15) is 9.90 Å². The molecule has 0 aliphatic rings. The lowest BCUT2D eigenvalue weighted by molar-refractivity contribution is 0.277. The molecule has 3 aromatic rings. The Morgan fingerprint density at radius 1 is 1.29 bits per heavy atom. The molecule has 0 aliphatic heterocycles. The summed E-state index contributed by atoms with van der Waals surface area (Å²) in [4.78, 5) is 16.9. The number of benzene rings is 1. The minimum atomic E-state index is -0.0502. The summed E-state index contributed by atoms with van der Waals surface area (Å²) in [5, 5.41) is 10.8. The summed E-state index contributed by atoms with van der Waals surface area (Å²) in [5.74, 6) is 0. The molecule has 6 heteroatoms. The van der Waals surface area contributed by atoms with Gasteiger partial charge in [-0.1, -0.05) is 35.3 Å². The second-order valence-electron chi connectivity index (χ2n) is 5.66. The van der Waals surface area contributed by atoms with Gasteiger partial charge in [-0.2, -0.15) is 0 Å². The van der Waals surface area contributed by atoms with Crippen LogP contribution in [0.5, 0.6) is 0 Å². The largest absolute Gasteiger partial charge is 0.395 e. The SMILES string of the molecule is Cc1cn(CCO)c2ncc(Cc3cccc(Cl)c3Cl)cc2c1=O. The van der Waals surface area contributed by atoms with Crippen molar-refractivity contribution in [3.05, 3.63) is 73.6 Å². The highest BCUT2D eigenvalue weighted by Crippen LogP contribution is 2.27. The lowest BCUT2D eigenvalue weighted by Crippen LogP contribution is -2.15. The van der Waals surface area contributed by atoms with E-state index >= 15 is 0 Å². The number of hydrogen-bond donors (Lipinski definition) is 1. The second-order valence-corrected chi connectivity index (χ2v) is 6.45. The molecular weight excluding hydrogens is 347 g/mol. The minimum absolute atomic E-state index is 0.0149. The summed E-state index contributed by atoms with van der Waals surface area (Å²) in [6.45, 7) is 2.14. The zero-order chi connectivity index (χ0) is 17.3. The third kappa shape index (κ3) is 3.18. The highest BCUT2D eigenvalue weighted by atomic mass is 35.5. The molecule has 0 atom stereocenters. The maximum Gasteiger partial charge on any atom is 0.193 e. The molecular formula is C18H16Cl2N2O2. The van der Waals surface area contributed by atoms with Crippen LogP contribution in [0.4, 0.5) is 0 Å². The maximum atomic E-state index is 12.4. The summed E-state index contributed by atoms with van der Waals surface area (Å²) in [6, 6.07) is 7.32. The van der Waals surface area contributed by atoms with Crippen molar-refractivity contribution in [2.24, 2.45) is 0 Å². The van der Waals surface area contributed by atoms with E-state index in [2.05, 4.69) is 4.98 Å². The zero-order valence-electron chi connectivity index (χ0n) is 13.1. The molecule has 0 fully saturated rings. The summed E-state index contributed by atoms with van der Waals surface area (Å²) in [7, 11) is 0. The highest BCUT2D eigenvalue weighted by Gasteiger charge is 2.11. The van der Waals surface area contributed by atoms with Gasteiger partial charge < -0.3 is 9.67 Å². The number of nitrogens with zero attached hydrogens (tertiary/aromatic N) is 2. The highest BCUT2D eigenvalue weighted by molar-refractivity contribution is 6.42. The minimum Gasteiger partial charge on any atom is -0.395 e. The van der Waals surface area contributed by atoms with Gasteiger partial charge in [0.05, 0.1) is 22.0 Å². The van der Waals surface area contributed by atoms with Gasteiger partial charge in [0.15, 0.2) is 5.43 Å². The van der Waals surface area contributed by atoms with Crippen LogP contribution in [0.25, 0.3) is 11.0 Å². The van der Waals surface area contributed by atoms with E-state index in [1.165, 1.54) is 0 Å². The van der Waals surface area contributed by atoms with Crippen molar-refractivity contribution in [3.63, 3.8) is 0 Å². The molecule has 0 amide bonds. The smallest absolute Gasteiger partial charge is 0.193 e. The Morgan fingerprint density at radius 3 is 2.83 bits per heavy atom. The summed E-state index contributed by atoms with van der Waals surface area (Å²) < 4.78 is 1.79. The summed E-state index contributed by atoms with van der Waals surface area (Å²) in [6.07, 6.45) is 3.99. The van der Waals surface area contributed by atoms with E-state index < -0.39 is 0 Å². The quantitative estimate of drug-likeness (QED) is 0.771. The van der Waals surface area contributed by atoms with Gasteiger partial charge in [-0.3, -0.25) is 4.79 Å². The number of aliphatic hydroxyl groups is 1. The molecule has 2 heterocycles. The Morgan fingerprint density at radius 2 is 2.08 bits per heavy atom. The molecule has 0 spiro atoms. The number of halogens is 2. The lowest BCUT2D eigenvalue weighted by Gasteiger charge is -2.11. The molecule has 4 nitrogen and oxygen atoms in total. The molecule has 0 bridgehead atoms. The number of hydrogen-bond acceptors (Lipinski definition) is 3. The fourth-order valence-corrected chi connectivity index (χ4v) is 3.13. The Bertz CT molecular complexity index is 967. The van der Waals surface area contributed by atoms with Crippen molar-refractivity contribution in [1.82, 2.24) is 9.55 Å². The molecule has 0 aliphatic carbocycles. The molecule has 0 saturated heterocycles. The van der Waals surface area contributed by atoms with Gasteiger partial charge in [-0.05, 0) is 30.2 Å². The summed E-state index contributed by atoms with van der Waals surface area (Å²) in [5.41, 5.74) is 2.90. The molecule has 0 saturated carbocycles. The van der Waals surface area contributed by atoms with Gasteiger partial charge in [0.1, 0.15) is 5.65 Å². The fourth-order valence-electron chi connectivity index (χ4n) is 2.74. The van der Waals surface area contributed by atoms with Crippen molar-refractivity contribution < 1.29 is 5.11 Å². The van der Waals surface area contributed by atoms with Gasteiger partial charge in [0.25, 0.3) is 0 Å². The molecule has 1 aromatic carbocycles. The van der Waals surface area contributed by atoms with Crippen LogP contribution in [0, 0.1) is 6.92 Å². The van der Waals surface area contributed by atoms with Crippen molar-refractivity contribution in [3.8, 4) is 0 Å². The third-order valence-electron chi connectivity index (χ3n) is 3.91. The Balaban J connectivity index is 2.10. The standard InChI is InChI=1S/C18H16Cl2N2O2/c1-11-10-22(5-6-23)18-14(17(11)24)8-12(9-21-18)7-13-3-2-4-15(19)16(13)20/h2-4,8-10,23H,5-7H2,1H3. The normalized spacial score (nSPS) is 11.2. The molecule has 24 heavy (non-hydrogen) atoms. The van der Waals surface area contributed by atoms with Crippen molar-refractivity contribution >= 4 is 34.2 Å². The van der Waals surface area contributed by atoms with Gasteiger partial charge in [0, 0.05) is 30.9 Å². The molecule has 1 N–H and O–H groups in total. The number of aliphatic hydroxyl groups excluding tert-OH is 1. The van der Waals surface area contributed by atoms with Crippen molar-refractivity contribution in [2.75, 3.05) is 6.61 Å². The number of fused-ring (bicyclic) bond motifs is 1. The predicted molar refractivity (Wildman–Crippen MR) is 97.1 cm³/mol. The first-order chi connectivity index (χ1) is 11.5. The Hall–Kier alpha value is -1.88. The number of aryl methyl sites for hydroxylation is 1. The molecule has 124 valence electrons. The number of rotatable bonds is 4. The van der Waals surface area contributed by atoms with Crippen LogP contribution in [0.1, 0.15) is 16.7 Å². The van der Waals surface area contributed by atoms with Gasteiger partial charge in [-0.15, -0.1) is 0 Å². The van der Waals surface area contributed by atoms with Gasteiger partial charge in [0.2, 0.25) is 0 Å². The van der Waals surface area contributed by atoms with E-state index in [1.807, 2.05) is 18.2 Å². The van der Waals surface area contributed by atoms with Crippen LogP contribution in [0.3, 0.4) is 0 Å². The van der Waals surface area contributed by atoms with Crippen LogP contribution < -0.4 is 5.43 Å². The Kier molecular flexibility index (Phi) is 4.90. The van der Waals surface area contributed by atoms with E-state index in [0.29, 0.717) is 39.6 Å². The maximum absolute atomic E-state index is 12.4. The number of pyridine rings is 2. The van der Waals surface area contributed by atoms with E-state index in [0.717, 1.165) is 11.1 Å². The fraction of sp³-hybridized carbons (Fsp3) is 0.222. The van der Waals surface area contributed by atoms with Crippen LogP contribution in [0.2, 0.25) is 10.0 Å². The average Bonchev–Trinajstić information content (AvgIpc) is 2.57.